The normalized spacial score (nSPS) is 11.2. The van der Waals surface area contributed by atoms with Gasteiger partial charge in [0.1, 0.15) is 23.6 Å². The number of para-hydroxylation sites is 1. The molecule has 0 atom stereocenters. The smallest absolute Gasteiger partial charge is 0.145 e. The molecule has 32 heavy (non-hydrogen) atoms. The van der Waals surface area contributed by atoms with Crippen LogP contribution >= 0.6 is 0 Å². The Morgan fingerprint density at radius 2 is 1.78 bits per heavy atom. The number of hydrogen-bond acceptors (Lipinski definition) is 3. The van der Waals surface area contributed by atoms with Gasteiger partial charge in [0, 0.05) is 28.9 Å². The highest BCUT2D eigenvalue weighted by molar-refractivity contribution is 6.07. The molecular weight excluding hydrogens is 396 g/mol. The lowest BCUT2D eigenvalue weighted by Crippen LogP contribution is -1.99. The Morgan fingerprint density at radius 1 is 0.938 bits per heavy atom. The van der Waals surface area contributed by atoms with E-state index in [2.05, 4.69) is 54.9 Å². The number of hydrogen-bond donors (Lipinski definition) is 0. The zero-order valence-electron chi connectivity index (χ0n) is 18.6. The van der Waals surface area contributed by atoms with Gasteiger partial charge in [-0.15, -0.1) is 0 Å². The molecule has 0 unspecified atom stereocenters. The van der Waals surface area contributed by atoms with Crippen LogP contribution in [0.5, 0.6) is 11.5 Å². The molecular formula is C28H26N2O2. The molecule has 3 aromatic carbocycles. The third-order valence-corrected chi connectivity index (χ3v) is 5.98. The maximum atomic E-state index is 6.04. The van der Waals surface area contributed by atoms with Gasteiger partial charge in [-0.1, -0.05) is 49.4 Å². The quantitative estimate of drug-likeness (QED) is 0.308. The fourth-order valence-electron chi connectivity index (χ4n) is 4.33. The number of ether oxygens (including phenoxy) is 2. The van der Waals surface area contributed by atoms with Gasteiger partial charge < -0.3 is 14.0 Å². The van der Waals surface area contributed by atoms with E-state index < -0.39 is 0 Å². The maximum Gasteiger partial charge on any atom is 0.145 e. The zero-order valence-corrected chi connectivity index (χ0v) is 18.6. The first-order chi connectivity index (χ1) is 15.7. The molecule has 4 heteroatoms. The van der Waals surface area contributed by atoms with Gasteiger partial charge in [0.25, 0.3) is 0 Å². The van der Waals surface area contributed by atoms with Gasteiger partial charge in [0.05, 0.1) is 12.6 Å². The number of pyridine rings is 1. The largest absolute Gasteiger partial charge is 0.494 e. The molecule has 5 aromatic rings. The number of aryl methyl sites for hydroxylation is 2. The number of nitrogens with zero attached hydrogens (tertiary/aromatic N) is 2. The summed E-state index contributed by atoms with van der Waals surface area (Å²) in [5.74, 6) is 1.66. The van der Waals surface area contributed by atoms with E-state index in [1.165, 1.54) is 10.9 Å². The predicted octanol–water partition coefficient (Wildman–Crippen LogP) is 6.64. The molecule has 2 aromatic heterocycles. The summed E-state index contributed by atoms with van der Waals surface area (Å²) in [7, 11) is 1.69. The predicted molar refractivity (Wildman–Crippen MR) is 130 cm³/mol. The molecule has 0 fully saturated rings. The van der Waals surface area contributed by atoms with Crippen LogP contribution in [0.2, 0.25) is 0 Å². The molecule has 0 radical (unpaired) electrons. The van der Waals surface area contributed by atoms with Gasteiger partial charge in [-0.3, -0.25) is 4.98 Å². The molecule has 0 aliphatic carbocycles. The SMILES string of the molecule is CCc1cn(-c2ccc(OCc3ccccc3)cc2C)c2c1cnc1c(OC)cccc12. The van der Waals surface area contributed by atoms with Crippen molar-refractivity contribution >= 4 is 21.8 Å². The lowest BCUT2D eigenvalue weighted by atomic mass is 10.1. The second-order valence-electron chi connectivity index (χ2n) is 7.98. The van der Waals surface area contributed by atoms with Crippen molar-refractivity contribution < 1.29 is 9.47 Å². The van der Waals surface area contributed by atoms with E-state index in [0.29, 0.717) is 6.61 Å². The Balaban J connectivity index is 1.60. The summed E-state index contributed by atoms with van der Waals surface area (Å²) in [6.07, 6.45) is 5.15. The van der Waals surface area contributed by atoms with Crippen LogP contribution in [0, 0.1) is 6.92 Å². The number of aromatic nitrogens is 2. The highest BCUT2D eigenvalue weighted by Crippen LogP contribution is 2.35. The monoisotopic (exact) mass is 422 g/mol. The van der Waals surface area contributed by atoms with Crippen LogP contribution in [0.15, 0.2) is 79.1 Å². The van der Waals surface area contributed by atoms with Crippen LogP contribution in [0.1, 0.15) is 23.6 Å². The topological polar surface area (TPSA) is 36.3 Å². The Kier molecular flexibility index (Phi) is 5.28. The van der Waals surface area contributed by atoms with Crippen molar-refractivity contribution in [3.63, 3.8) is 0 Å². The second-order valence-corrected chi connectivity index (χ2v) is 7.98. The van der Waals surface area contributed by atoms with Crippen molar-refractivity contribution in [3.05, 3.63) is 95.8 Å². The number of rotatable bonds is 6. The fraction of sp³-hybridized carbons (Fsp3) is 0.179. The standard InChI is InChI=1S/C28H26N2O2/c1-4-21-17-30(28-23-11-8-12-26(31-3)27(23)29-16-24(21)28)25-14-13-22(15-19(25)2)32-18-20-9-6-5-7-10-20/h5-17H,4,18H2,1-3H3. The van der Waals surface area contributed by atoms with Gasteiger partial charge in [0.2, 0.25) is 0 Å². The summed E-state index contributed by atoms with van der Waals surface area (Å²) < 4.78 is 13.9. The lowest BCUT2D eigenvalue weighted by Gasteiger charge is -2.14. The van der Waals surface area contributed by atoms with Gasteiger partial charge >= 0.3 is 0 Å². The molecule has 0 saturated carbocycles. The minimum atomic E-state index is 0.558. The molecule has 0 aliphatic heterocycles. The van der Waals surface area contributed by atoms with E-state index in [9.17, 15) is 0 Å². The van der Waals surface area contributed by atoms with Crippen LogP contribution in [0.4, 0.5) is 0 Å². The summed E-state index contributed by atoms with van der Waals surface area (Å²) in [5.41, 5.74) is 6.77. The molecule has 2 heterocycles. The summed E-state index contributed by atoms with van der Waals surface area (Å²) in [4.78, 5) is 4.73. The first-order valence-corrected chi connectivity index (χ1v) is 10.9. The highest BCUT2D eigenvalue weighted by atomic mass is 16.5. The van der Waals surface area contributed by atoms with Crippen LogP contribution < -0.4 is 9.47 Å². The zero-order chi connectivity index (χ0) is 22.1. The molecule has 0 N–H and O–H groups in total. The van der Waals surface area contributed by atoms with E-state index in [1.54, 1.807) is 7.11 Å². The van der Waals surface area contributed by atoms with Gasteiger partial charge in [0.15, 0.2) is 0 Å². The summed E-state index contributed by atoms with van der Waals surface area (Å²) in [6.45, 7) is 4.87. The third-order valence-electron chi connectivity index (χ3n) is 5.98. The summed E-state index contributed by atoms with van der Waals surface area (Å²) >= 11 is 0. The van der Waals surface area contributed by atoms with Crippen molar-refractivity contribution in [1.29, 1.82) is 0 Å². The van der Waals surface area contributed by atoms with Crippen molar-refractivity contribution in [1.82, 2.24) is 9.55 Å². The van der Waals surface area contributed by atoms with Crippen LogP contribution in [-0.4, -0.2) is 16.7 Å². The Bertz CT molecular complexity index is 1400. The van der Waals surface area contributed by atoms with E-state index in [-0.39, 0.29) is 0 Å². The van der Waals surface area contributed by atoms with Gasteiger partial charge in [-0.2, -0.15) is 0 Å². The Hall–Kier alpha value is -3.79. The summed E-state index contributed by atoms with van der Waals surface area (Å²) in [5, 5.41) is 2.27. The second kappa shape index (κ2) is 8.39. The summed E-state index contributed by atoms with van der Waals surface area (Å²) in [6, 6.07) is 22.6. The van der Waals surface area contributed by atoms with Crippen molar-refractivity contribution in [3.8, 4) is 17.2 Å². The fourth-order valence-corrected chi connectivity index (χ4v) is 4.33. The van der Waals surface area contributed by atoms with E-state index in [1.807, 2.05) is 42.6 Å². The number of benzene rings is 3. The van der Waals surface area contributed by atoms with Crippen LogP contribution in [0.3, 0.4) is 0 Å². The molecule has 160 valence electrons. The van der Waals surface area contributed by atoms with E-state index >= 15 is 0 Å². The lowest BCUT2D eigenvalue weighted by molar-refractivity contribution is 0.306. The van der Waals surface area contributed by atoms with Crippen molar-refractivity contribution in [2.45, 2.75) is 26.9 Å². The van der Waals surface area contributed by atoms with Crippen LogP contribution in [-0.2, 0) is 13.0 Å². The molecule has 0 amide bonds. The average molecular weight is 423 g/mol. The molecule has 0 saturated heterocycles. The Morgan fingerprint density at radius 3 is 2.53 bits per heavy atom. The minimum absolute atomic E-state index is 0.558. The highest BCUT2D eigenvalue weighted by Gasteiger charge is 2.16. The molecule has 0 aliphatic rings. The Labute approximate surface area is 188 Å². The molecule has 0 bridgehead atoms. The van der Waals surface area contributed by atoms with Crippen LogP contribution in [0.25, 0.3) is 27.5 Å². The molecule has 5 rings (SSSR count). The number of methoxy groups -OCH3 is 1. The minimum Gasteiger partial charge on any atom is -0.494 e. The third kappa shape index (κ3) is 3.48. The van der Waals surface area contributed by atoms with Crippen molar-refractivity contribution in [2.24, 2.45) is 0 Å². The maximum absolute atomic E-state index is 6.04. The first kappa shape index (κ1) is 20.1. The van der Waals surface area contributed by atoms with E-state index in [4.69, 9.17) is 14.5 Å². The average Bonchev–Trinajstić information content (AvgIpc) is 3.22. The first-order valence-electron chi connectivity index (χ1n) is 10.9. The molecule has 0 spiro atoms. The van der Waals surface area contributed by atoms with Gasteiger partial charge in [-0.05, 0) is 54.3 Å². The van der Waals surface area contributed by atoms with Crippen molar-refractivity contribution in [2.75, 3.05) is 7.11 Å². The number of fused-ring (bicyclic) bond motifs is 3. The van der Waals surface area contributed by atoms with E-state index in [0.717, 1.165) is 51.2 Å². The molecule has 4 nitrogen and oxygen atoms in total. The van der Waals surface area contributed by atoms with Gasteiger partial charge in [-0.25, -0.2) is 0 Å².